The molecule has 2 aromatic carbocycles. The zero-order chi connectivity index (χ0) is 20.9. The molecule has 1 atom stereocenters. The molecule has 3 rings (SSSR count). The van der Waals surface area contributed by atoms with Crippen LogP contribution in [0.15, 0.2) is 53.4 Å². The van der Waals surface area contributed by atoms with Crippen molar-refractivity contribution in [1.82, 2.24) is 4.31 Å². The van der Waals surface area contributed by atoms with E-state index < -0.39 is 21.0 Å². The number of nitrogens with one attached hydrogen (secondary N) is 1. The topological polar surface area (TPSA) is 113 Å². The molecule has 0 saturated carbocycles. The second-order valence-corrected chi connectivity index (χ2v) is 9.05. The van der Waals surface area contributed by atoms with Crippen LogP contribution in [0.4, 0.5) is 11.4 Å². The van der Waals surface area contributed by atoms with Crippen molar-refractivity contribution < 1.29 is 18.4 Å². The van der Waals surface area contributed by atoms with Gasteiger partial charge in [0.1, 0.15) is 5.69 Å². The highest BCUT2D eigenvalue weighted by molar-refractivity contribution is 7.89. The molecule has 0 bridgehead atoms. The predicted molar refractivity (Wildman–Crippen MR) is 110 cm³/mol. The number of rotatable bonds is 8. The highest BCUT2D eigenvalue weighted by Crippen LogP contribution is 2.30. The molecule has 29 heavy (non-hydrogen) atoms. The number of hydrogen-bond donors (Lipinski definition) is 2. The second-order valence-electron chi connectivity index (χ2n) is 7.11. The first-order chi connectivity index (χ1) is 13.9. The molecule has 1 unspecified atom stereocenters. The van der Waals surface area contributed by atoms with Crippen LogP contribution in [0.25, 0.3) is 0 Å². The monoisotopic (exact) mass is 419 g/mol. The van der Waals surface area contributed by atoms with Crippen LogP contribution in [0, 0.1) is 10.1 Å². The van der Waals surface area contributed by atoms with Gasteiger partial charge in [0, 0.05) is 19.2 Å². The lowest BCUT2D eigenvalue weighted by Crippen LogP contribution is -2.35. The Kier molecular flexibility index (Phi) is 6.83. The normalized spacial score (nSPS) is 16.3. The summed E-state index contributed by atoms with van der Waals surface area (Å²) in [6.07, 6.45) is 3.04. The van der Waals surface area contributed by atoms with Gasteiger partial charge in [0.05, 0.1) is 22.5 Å². The van der Waals surface area contributed by atoms with Crippen molar-refractivity contribution in [2.45, 2.75) is 36.6 Å². The number of piperidine rings is 1. The Morgan fingerprint density at radius 1 is 1.10 bits per heavy atom. The van der Waals surface area contributed by atoms with Crippen molar-refractivity contribution in [2.75, 3.05) is 25.0 Å². The van der Waals surface area contributed by atoms with Crippen molar-refractivity contribution in [1.29, 1.82) is 0 Å². The van der Waals surface area contributed by atoms with Gasteiger partial charge in [-0.05, 0) is 37.0 Å². The van der Waals surface area contributed by atoms with Gasteiger partial charge in [-0.15, -0.1) is 0 Å². The Labute approximate surface area is 170 Å². The Bertz CT molecular complexity index is 944. The first-order valence-electron chi connectivity index (χ1n) is 9.61. The maximum atomic E-state index is 12.8. The van der Waals surface area contributed by atoms with Gasteiger partial charge in [-0.2, -0.15) is 4.31 Å². The number of hydrogen-bond acceptors (Lipinski definition) is 6. The van der Waals surface area contributed by atoms with Gasteiger partial charge < -0.3 is 10.4 Å². The van der Waals surface area contributed by atoms with Crippen LogP contribution in [-0.2, 0) is 16.4 Å². The van der Waals surface area contributed by atoms with E-state index in [9.17, 15) is 23.6 Å². The van der Waals surface area contributed by atoms with Crippen molar-refractivity contribution in [3.05, 3.63) is 64.2 Å². The lowest BCUT2D eigenvalue weighted by atomic mass is 10.1. The van der Waals surface area contributed by atoms with E-state index in [1.54, 1.807) is 0 Å². The van der Waals surface area contributed by atoms with E-state index in [0.29, 0.717) is 19.5 Å². The minimum absolute atomic E-state index is 0.0831. The summed E-state index contributed by atoms with van der Waals surface area (Å²) in [6, 6.07) is 12.9. The molecule has 1 aliphatic heterocycles. The lowest BCUT2D eigenvalue weighted by Gasteiger charge is -2.26. The fourth-order valence-electron chi connectivity index (χ4n) is 3.48. The highest BCUT2D eigenvalue weighted by Gasteiger charge is 2.29. The SMILES string of the molecule is O=[N+]([O-])c1cc(S(=O)(=O)N2CCCCC2)ccc1NC(CO)Cc1ccccc1. The molecule has 1 saturated heterocycles. The van der Waals surface area contributed by atoms with Gasteiger partial charge in [0.2, 0.25) is 10.0 Å². The Morgan fingerprint density at radius 3 is 2.41 bits per heavy atom. The maximum absolute atomic E-state index is 12.8. The van der Waals surface area contributed by atoms with E-state index in [1.165, 1.54) is 16.4 Å². The van der Waals surface area contributed by atoms with E-state index >= 15 is 0 Å². The van der Waals surface area contributed by atoms with Gasteiger partial charge in [-0.25, -0.2) is 8.42 Å². The minimum Gasteiger partial charge on any atom is -0.394 e. The summed E-state index contributed by atoms with van der Waals surface area (Å²) in [4.78, 5) is 10.9. The smallest absolute Gasteiger partial charge is 0.293 e. The summed E-state index contributed by atoms with van der Waals surface area (Å²) >= 11 is 0. The van der Waals surface area contributed by atoms with Gasteiger partial charge in [0.25, 0.3) is 5.69 Å². The quantitative estimate of drug-likeness (QED) is 0.503. The Balaban J connectivity index is 1.85. The van der Waals surface area contributed by atoms with Crippen molar-refractivity contribution in [3.63, 3.8) is 0 Å². The average molecular weight is 420 g/mol. The number of anilines is 1. The van der Waals surface area contributed by atoms with E-state index in [2.05, 4.69) is 5.32 Å². The summed E-state index contributed by atoms with van der Waals surface area (Å²) in [6.45, 7) is 0.638. The number of nitrogens with zero attached hydrogens (tertiary/aromatic N) is 2. The van der Waals surface area contributed by atoms with Crippen molar-refractivity contribution in [2.24, 2.45) is 0 Å². The van der Waals surface area contributed by atoms with Crippen LogP contribution in [0.5, 0.6) is 0 Å². The Hall–Kier alpha value is -2.49. The summed E-state index contributed by atoms with van der Waals surface area (Å²) < 4.78 is 27.1. The fraction of sp³-hybridized carbons (Fsp3) is 0.400. The molecular weight excluding hydrogens is 394 g/mol. The molecule has 2 N–H and O–H groups in total. The maximum Gasteiger partial charge on any atom is 0.293 e. The van der Waals surface area contributed by atoms with Gasteiger partial charge in [-0.1, -0.05) is 36.8 Å². The molecular formula is C20H25N3O5S. The summed E-state index contributed by atoms with van der Waals surface area (Å²) in [5.74, 6) is 0. The van der Waals surface area contributed by atoms with Crippen molar-refractivity contribution in [3.8, 4) is 0 Å². The van der Waals surface area contributed by atoms with Crippen molar-refractivity contribution >= 4 is 21.4 Å². The van der Waals surface area contributed by atoms with Gasteiger partial charge in [-0.3, -0.25) is 10.1 Å². The molecule has 2 aromatic rings. The van der Waals surface area contributed by atoms with Crippen LogP contribution in [0.3, 0.4) is 0 Å². The van der Waals surface area contributed by atoms with Crippen LogP contribution in [0.2, 0.25) is 0 Å². The van der Waals surface area contributed by atoms with Gasteiger partial charge in [0.15, 0.2) is 0 Å². The largest absolute Gasteiger partial charge is 0.394 e. The predicted octanol–water partition coefficient (Wildman–Crippen LogP) is 2.78. The van der Waals surface area contributed by atoms with E-state index in [-0.39, 0.29) is 22.9 Å². The fourth-order valence-corrected chi connectivity index (χ4v) is 5.02. The molecule has 1 fully saturated rings. The Morgan fingerprint density at radius 2 is 1.79 bits per heavy atom. The standard InChI is InChI=1S/C20H25N3O5S/c24-15-17(13-16-7-3-1-4-8-16)21-19-10-9-18(14-20(19)23(25)26)29(27,28)22-11-5-2-6-12-22/h1,3-4,7-10,14,17,21,24H,2,5-6,11-13,15H2. The average Bonchev–Trinajstić information content (AvgIpc) is 2.74. The number of benzene rings is 2. The molecule has 0 aliphatic carbocycles. The number of nitro benzene ring substituents is 1. The lowest BCUT2D eigenvalue weighted by molar-refractivity contribution is -0.384. The molecule has 156 valence electrons. The van der Waals surface area contributed by atoms with Crippen LogP contribution < -0.4 is 5.32 Å². The molecule has 1 aliphatic rings. The molecule has 8 nitrogen and oxygen atoms in total. The number of sulfonamides is 1. The first kappa shape index (κ1) is 21.2. The van der Waals surface area contributed by atoms with E-state index in [1.807, 2.05) is 30.3 Å². The molecule has 0 radical (unpaired) electrons. The first-order valence-corrected chi connectivity index (χ1v) is 11.1. The second kappa shape index (κ2) is 9.34. The van der Waals surface area contributed by atoms with E-state index in [0.717, 1.165) is 30.9 Å². The highest BCUT2D eigenvalue weighted by atomic mass is 32.2. The minimum atomic E-state index is -3.77. The number of aliphatic hydroxyl groups is 1. The summed E-state index contributed by atoms with van der Waals surface area (Å²) in [7, 11) is -3.77. The molecule has 9 heteroatoms. The molecule has 0 spiro atoms. The molecule has 0 amide bonds. The number of aliphatic hydroxyl groups excluding tert-OH is 1. The van der Waals surface area contributed by atoms with Crippen LogP contribution in [0.1, 0.15) is 24.8 Å². The third-order valence-corrected chi connectivity index (χ3v) is 6.92. The van der Waals surface area contributed by atoms with Crippen LogP contribution >= 0.6 is 0 Å². The third-order valence-electron chi connectivity index (χ3n) is 5.02. The number of nitro groups is 1. The zero-order valence-corrected chi connectivity index (χ0v) is 16.8. The summed E-state index contributed by atoms with van der Waals surface area (Å²) in [5.41, 5.74) is 0.836. The van der Waals surface area contributed by atoms with E-state index in [4.69, 9.17) is 0 Å². The molecule has 1 heterocycles. The third kappa shape index (κ3) is 5.11. The van der Waals surface area contributed by atoms with Crippen LogP contribution in [-0.4, -0.2) is 48.5 Å². The van der Waals surface area contributed by atoms with Gasteiger partial charge >= 0.3 is 0 Å². The summed E-state index contributed by atoms with van der Waals surface area (Å²) in [5, 5.41) is 24.3. The molecule has 0 aromatic heterocycles. The zero-order valence-electron chi connectivity index (χ0n) is 16.0.